The standard InChI is InChI=1S/C9H9ClN2OS/c10-5-1-6(8(13)3-11)9-7(2-5)12-4-14-9/h1-2,4,8,13H,3,11H2. The van der Waals surface area contributed by atoms with E-state index in [1.807, 2.05) is 0 Å². The molecule has 0 amide bonds. The van der Waals surface area contributed by atoms with E-state index in [0.29, 0.717) is 5.02 Å². The van der Waals surface area contributed by atoms with E-state index in [4.69, 9.17) is 17.3 Å². The zero-order valence-electron chi connectivity index (χ0n) is 7.27. The summed E-state index contributed by atoms with van der Waals surface area (Å²) in [5.74, 6) is 0. The van der Waals surface area contributed by atoms with Crippen LogP contribution in [0.2, 0.25) is 5.02 Å². The molecule has 0 aliphatic carbocycles. The summed E-state index contributed by atoms with van der Waals surface area (Å²) in [5, 5.41) is 10.2. The summed E-state index contributed by atoms with van der Waals surface area (Å²) in [4.78, 5) is 4.14. The second kappa shape index (κ2) is 3.82. The molecule has 0 saturated heterocycles. The molecule has 0 aliphatic rings. The fourth-order valence-electron chi connectivity index (χ4n) is 1.33. The first kappa shape index (κ1) is 9.86. The summed E-state index contributed by atoms with van der Waals surface area (Å²) in [6.45, 7) is 0.188. The van der Waals surface area contributed by atoms with Crippen LogP contribution in [0.25, 0.3) is 10.2 Å². The van der Waals surface area contributed by atoms with Crippen molar-refractivity contribution < 1.29 is 5.11 Å². The summed E-state index contributed by atoms with van der Waals surface area (Å²) in [7, 11) is 0. The Labute approximate surface area is 90.1 Å². The molecule has 3 nitrogen and oxygen atoms in total. The van der Waals surface area contributed by atoms with E-state index in [2.05, 4.69) is 4.98 Å². The Hall–Kier alpha value is -0.680. The average Bonchev–Trinajstić information content (AvgIpc) is 2.62. The molecule has 5 heteroatoms. The highest BCUT2D eigenvalue weighted by molar-refractivity contribution is 7.17. The number of hydrogen-bond acceptors (Lipinski definition) is 4. The average molecular weight is 229 g/mol. The molecule has 3 N–H and O–H groups in total. The minimum absolute atomic E-state index is 0.188. The molecule has 0 radical (unpaired) electrons. The van der Waals surface area contributed by atoms with E-state index in [1.165, 1.54) is 11.3 Å². The molecule has 74 valence electrons. The van der Waals surface area contributed by atoms with Gasteiger partial charge in [-0.05, 0) is 12.1 Å². The molecule has 0 saturated carbocycles. The van der Waals surface area contributed by atoms with Crippen LogP contribution in [0.1, 0.15) is 11.7 Å². The van der Waals surface area contributed by atoms with Gasteiger partial charge >= 0.3 is 0 Å². The lowest BCUT2D eigenvalue weighted by atomic mass is 10.1. The summed E-state index contributed by atoms with van der Waals surface area (Å²) in [6.07, 6.45) is -0.670. The van der Waals surface area contributed by atoms with Crippen molar-refractivity contribution in [3.8, 4) is 0 Å². The molecule has 1 heterocycles. The molecule has 2 aromatic rings. The molecule has 1 aromatic heterocycles. The summed E-state index contributed by atoms with van der Waals surface area (Å²) >= 11 is 7.38. The number of nitrogens with two attached hydrogens (primary N) is 1. The predicted molar refractivity (Wildman–Crippen MR) is 58.6 cm³/mol. The first-order chi connectivity index (χ1) is 6.72. The van der Waals surface area contributed by atoms with Gasteiger partial charge in [0.15, 0.2) is 0 Å². The van der Waals surface area contributed by atoms with Crippen molar-refractivity contribution in [3.63, 3.8) is 0 Å². The molecule has 1 unspecified atom stereocenters. The number of halogens is 1. The van der Waals surface area contributed by atoms with Gasteiger partial charge in [-0.3, -0.25) is 0 Å². The van der Waals surface area contributed by atoms with Gasteiger partial charge in [0.2, 0.25) is 0 Å². The maximum absolute atomic E-state index is 9.67. The van der Waals surface area contributed by atoms with Crippen LogP contribution >= 0.6 is 22.9 Å². The minimum atomic E-state index is -0.670. The van der Waals surface area contributed by atoms with Crippen LogP contribution in [0, 0.1) is 0 Å². The Kier molecular flexibility index (Phi) is 2.69. The number of hydrogen-bond donors (Lipinski definition) is 2. The van der Waals surface area contributed by atoms with Gasteiger partial charge in [-0.1, -0.05) is 11.6 Å². The van der Waals surface area contributed by atoms with Crippen molar-refractivity contribution in [2.75, 3.05) is 6.54 Å². The van der Waals surface area contributed by atoms with Gasteiger partial charge in [-0.15, -0.1) is 11.3 Å². The fraction of sp³-hybridized carbons (Fsp3) is 0.222. The second-order valence-electron chi connectivity index (χ2n) is 2.95. The van der Waals surface area contributed by atoms with E-state index in [1.54, 1.807) is 17.6 Å². The maximum atomic E-state index is 9.67. The van der Waals surface area contributed by atoms with E-state index < -0.39 is 6.10 Å². The number of fused-ring (bicyclic) bond motifs is 1. The number of benzene rings is 1. The zero-order chi connectivity index (χ0) is 10.1. The number of thiazole rings is 1. The maximum Gasteiger partial charge on any atom is 0.0927 e. The van der Waals surface area contributed by atoms with Gasteiger partial charge in [0.1, 0.15) is 0 Å². The smallest absolute Gasteiger partial charge is 0.0927 e. The monoisotopic (exact) mass is 228 g/mol. The molecule has 0 fully saturated rings. The lowest BCUT2D eigenvalue weighted by Gasteiger charge is -2.09. The Balaban J connectivity index is 2.66. The van der Waals surface area contributed by atoms with Crippen LogP contribution in [-0.2, 0) is 0 Å². The van der Waals surface area contributed by atoms with Gasteiger partial charge in [-0.2, -0.15) is 0 Å². The van der Waals surface area contributed by atoms with Crippen molar-refractivity contribution in [2.45, 2.75) is 6.10 Å². The summed E-state index contributed by atoms with van der Waals surface area (Å²) < 4.78 is 0.951. The van der Waals surface area contributed by atoms with Crippen LogP contribution < -0.4 is 5.73 Å². The highest BCUT2D eigenvalue weighted by Gasteiger charge is 2.12. The number of rotatable bonds is 2. The molecule has 1 atom stereocenters. The summed E-state index contributed by atoms with van der Waals surface area (Å²) in [6, 6.07) is 3.51. The largest absolute Gasteiger partial charge is 0.387 e. The van der Waals surface area contributed by atoms with Crippen molar-refractivity contribution in [1.82, 2.24) is 4.98 Å². The van der Waals surface area contributed by atoms with E-state index in [9.17, 15) is 5.11 Å². The lowest BCUT2D eigenvalue weighted by Crippen LogP contribution is -2.11. The van der Waals surface area contributed by atoms with Gasteiger partial charge in [-0.25, -0.2) is 4.98 Å². The first-order valence-corrected chi connectivity index (χ1v) is 5.39. The Morgan fingerprint density at radius 1 is 1.57 bits per heavy atom. The van der Waals surface area contributed by atoms with Crippen LogP contribution in [0.3, 0.4) is 0 Å². The van der Waals surface area contributed by atoms with E-state index in [0.717, 1.165) is 15.8 Å². The molecular formula is C9H9ClN2OS. The van der Waals surface area contributed by atoms with Gasteiger partial charge in [0.05, 0.1) is 21.8 Å². The Bertz CT molecular complexity index is 457. The number of nitrogens with zero attached hydrogens (tertiary/aromatic N) is 1. The van der Waals surface area contributed by atoms with E-state index in [-0.39, 0.29) is 6.54 Å². The first-order valence-electron chi connectivity index (χ1n) is 4.13. The SMILES string of the molecule is NCC(O)c1cc(Cl)cc2ncsc12. The normalized spacial score (nSPS) is 13.4. The van der Waals surface area contributed by atoms with Crippen molar-refractivity contribution in [1.29, 1.82) is 0 Å². The van der Waals surface area contributed by atoms with Gasteiger partial charge < -0.3 is 10.8 Å². The molecule has 2 rings (SSSR count). The summed E-state index contributed by atoms with van der Waals surface area (Å²) in [5.41, 5.74) is 8.71. The molecule has 0 aliphatic heterocycles. The van der Waals surface area contributed by atoms with Crippen molar-refractivity contribution in [2.24, 2.45) is 5.73 Å². The van der Waals surface area contributed by atoms with Gasteiger partial charge in [0, 0.05) is 17.1 Å². The topological polar surface area (TPSA) is 59.1 Å². The van der Waals surface area contributed by atoms with Gasteiger partial charge in [0.25, 0.3) is 0 Å². The molecular weight excluding hydrogens is 220 g/mol. The Morgan fingerprint density at radius 3 is 3.07 bits per heavy atom. The van der Waals surface area contributed by atoms with Crippen LogP contribution in [0.5, 0.6) is 0 Å². The molecule has 1 aromatic carbocycles. The highest BCUT2D eigenvalue weighted by Crippen LogP contribution is 2.30. The van der Waals surface area contributed by atoms with Crippen LogP contribution in [0.15, 0.2) is 17.6 Å². The van der Waals surface area contributed by atoms with Crippen molar-refractivity contribution in [3.05, 3.63) is 28.2 Å². The quantitative estimate of drug-likeness (QED) is 0.826. The molecule has 0 spiro atoms. The number of aliphatic hydroxyl groups excluding tert-OH is 1. The van der Waals surface area contributed by atoms with E-state index >= 15 is 0 Å². The zero-order valence-corrected chi connectivity index (χ0v) is 8.85. The number of aromatic nitrogens is 1. The predicted octanol–water partition coefficient (Wildman–Crippen LogP) is 1.94. The number of aliphatic hydroxyl groups is 1. The fourth-order valence-corrected chi connectivity index (χ4v) is 2.39. The lowest BCUT2D eigenvalue weighted by molar-refractivity contribution is 0.188. The Morgan fingerprint density at radius 2 is 2.36 bits per heavy atom. The third-order valence-electron chi connectivity index (χ3n) is 2.01. The highest BCUT2D eigenvalue weighted by atomic mass is 35.5. The molecule has 0 bridgehead atoms. The van der Waals surface area contributed by atoms with Crippen LogP contribution in [-0.4, -0.2) is 16.6 Å². The van der Waals surface area contributed by atoms with Crippen LogP contribution in [0.4, 0.5) is 0 Å². The third-order valence-corrected chi connectivity index (χ3v) is 3.12. The van der Waals surface area contributed by atoms with Crippen molar-refractivity contribution >= 4 is 33.2 Å². The minimum Gasteiger partial charge on any atom is -0.387 e. The second-order valence-corrected chi connectivity index (χ2v) is 4.24. The molecule has 14 heavy (non-hydrogen) atoms. The third kappa shape index (κ3) is 1.62.